The summed E-state index contributed by atoms with van der Waals surface area (Å²) in [5.74, 6) is 0. The minimum atomic E-state index is -3.18. The van der Waals surface area contributed by atoms with Crippen molar-refractivity contribution in [3.05, 3.63) is 35.0 Å². The molecule has 2 rings (SSSR count). The van der Waals surface area contributed by atoms with Crippen LogP contribution in [0, 0.1) is 0 Å². The standard InChI is InChI=1S/C13H16ClO4P/c1-3-16-19(15,17-4-2)9-11-10-7-5-6-8-12(10)18-13(11)14/h5-8H,3-4,9H2,1-2H3. The highest BCUT2D eigenvalue weighted by molar-refractivity contribution is 7.53. The minimum Gasteiger partial charge on any atom is -0.444 e. The summed E-state index contributed by atoms with van der Waals surface area (Å²) < 4.78 is 28.5. The normalized spacial score (nSPS) is 12.2. The van der Waals surface area contributed by atoms with Gasteiger partial charge in [-0.05, 0) is 31.5 Å². The Morgan fingerprint density at radius 3 is 2.47 bits per heavy atom. The first-order valence-electron chi connectivity index (χ1n) is 6.13. The molecule has 0 unspecified atom stereocenters. The highest BCUT2D eigenvalue weighted by atomic mass is 35.5. The summed E-state index contributed by atoms with van der Waals surface area (Å²) in [6, 6.07) is 7.43. The molecule has 0 amide bonds. The maximum Gasteiger partial charge on any atom is 0.335 e. The molecule has 1 aromatic carbocycles. The van der Waals surface area contributed by atoms with Gasteiger partial charge in [0, 0.05) is 10.9 Å². The maximum atomic E-state index is 12.5. The van der Waals surface area contributed by atoms with E-state index in [2.05, 4.69) is 0 Å². The van der Waals surface area contributed by atoms with Crippen LogP contribution >= 0.6 is 19.2 Å². The van der Waals surface area contributed by atoms with Crippen LogP contribution in [0.4, 0.5) is 0 Å². The summed E-state index contributed by atoms with van der Waals surface area (Å²) in [6.07, 6.45) is 0.116. The van der Waals surface area contributed by atoms with E-state index < -0.39 is 7.60 Å². The van der Waals surface area contributed by atoms with Gasteiger partial charge in [-0.3, -0.25) is 4.57 Å². The van der Waals surface area contributed by atoms with E-state index in [1.165, 1.54) is 0 Å². The predicted octanol–water partition coefficient (Wildman–Crippen LogP) is 4.85. The second-order valence-electron chi connectivity index (χ2n) is 3.96. The van der Waals surface area contributed by atoms with Crippen LogP contribution in [0.1, 0.15) is 19.4 Å². The van der Waals surface area contributed by atoms with Gasteiger partial charge in [0.25, 0.3) is 0 Å². The Bertz CT molecular complexity index is 598. The molecule has 0 N–H and O–H groups in total. The fourth-order valence-electron chi connectivity index (χ4n) is 1.93. The van der Waals surface area contributed by atoms with E-state index in [1.807, 2.05) is 24.3 Å². The Kier molecular flexibility index (Phi) is 4.69. The van der Waals surface area contributed by atoms with E-state index in [1.54, 1.807) is 13.8 Å². The molecule has 4 nitrogen and oxygen atoms in total. The fraction of sp³-hybridized carbons (Fsp3) is 0.385. The first kappa shape index (κ1) is 14.6. The number of halogens is 1. The largest absolute Gasteiger partial charge is 0.444 e. The fourth-order valence-corrected chi connectivity index (χ4v) is 4.02. The summed E-state index contributed by atoms with van der Waals surface area (Å²) in [4.78, 5) is 0. The first-order chi connectivity index (χ1) is 9.09. The molecule has 19 heavy (non-hydrogen) atoms. The van der Waals surface area contributed by atoms with Crippen LogP contribution in [0.5, 0.6) is 0 Å². The van der Waals surface area contributed by atoms with Crippen LogP contribution in [0.2, 0.25) is 5.22 Å². The molecule has 0 fully saturated rings. The highest BCUT2D eigenvalue weighted by Crippen LogP contribution is 2.53. The number of fused-ring (bicyclic) bond motifs is 1. The molecular formula is C13H16ClO4P. The van der Waals surface area contributed by atoms with E-state index in [4.69, 9.17) is 25.1 Å². The molecule has 1 aromatic heterocycles. The van der Waals surface area contributed by atoms with Gasteiger partial charge in [-0.2, -0.15) is 0 Å². The maximum absolute atomic E-state index is 12.5. The van der Waals surface area contributed by atoms with Gasteiger partial charge in [0.15, 0.2) is 5.22 Å². The average molecular weight is 303 g/mol. The molecule has 104 valence electrons. The number of hydrogen-bond acceptors (Lipinski definition) is 4. The third kappa shape index (κ3) is 3.21. The SMILES string of the molecule is CCOP(=O)(Cc1c(Cl)oc2ccccc12)OCC. The summed E-state index contributed by atoms with van der Waals surface area (Å²) in [5.41, 5.74) is 1.34. The summed E-state index contributed by atoms with van der Waals surface area (Å²) >= 11 is 6.08. The van der Waals surface area contributed by atoms with Crippen molar-refractivity contribution in [1.82, 2.24) is 0 Å². The smallest absolute Gasteiger partial charge is 0.335 e. The van der Waals surface area contributed by atoms with Crippen molar-refractivity contribution in [2.45, 2.75) is 20.0 Å². The van der Waals surface area contributed by atoms with Gasteiger partial charge < -0.3 is 13.5 Å². The Hall–Kier alpha value is -0.800. The number of para-hydroxylation sites is 1. The molecular weight excluding hydrogens is 287 g/mol. The topological polar surface area (TPSA) is 48.7 Å². The van der Waals surface area contributed by atoms with Gasteiger partial charge in [-0.15, -0.1) is 0 Å². The molecule has 0 radical (unpaired) electrons. The van der Waals surface area contributed by atoms with Crippen LogP contribution in [0.3, 0.4) is 0 Å². The van der Waals surface area contributed by atoms with Crippen molar-refractivity contribution in [3.8, 4) is 0 Å². The van der Waals surface area contributed by atoms with Crippen LogP contribution in [0.15, 0.2) is 28.7 Å². The number of hydrogen-bond donors (Lipinski definition) is 0. The third-order valence-electron chi connectivity index (χ3n) is 2.65. The Labute approximate surface area is 117 Å². The summed E-state index contributed by atoms with van der Waals surface area (Å²) in [7, 11) is -3.18. The van der Waals surface area contributed by atoms with Crippen molar-refractivity contribution in [1.29, 1.82) is 0 Å². The van der Waals surface area contributed by atoms with Gasteiger partial charge in [0.2, 0.25) is 0 Å². The molecule has 0 saturated carbocycles. The second kappa shape index (κ2) is 6.10. The lowest BCUT2D eigenvalue weighted by atomic mass is 10.2. The second-order valence-corrected chi connectivity index (χ2v) is 6.35. The Balaban J connectivity index is 2.39. The highest BCUT2D eigenvalue weighted by Gasteiger charge is 2.28. The molecule has 0 aliphatic rings. The predicted molar refractivity (Wildman–Crippen MR) is 75.8 cm³/mol. The molecule has 2 aromatic rings. The quantitative estimate of drug-likeness (QED) is 0.715. The molecule has 1 heterocycles. The average Bonchev–Trinajstić information content (AvgIpc) is 2.67. The van der Waals surface area contributed by atoms with Gasteiger partial charge >= 0.3 is 7.60 Å². The van der Waals surface area contributed by atoms with Crippen molar-refractivity contribution in [2.75, 3.05) is 13.2 Å². The molecule has 0 saturated heterocycles. The Morgan fingerprint density at radius 1 is 1.21 bits per heavy atom. The number of furan rings is 1. The zero-order valence-electron chi connectivity index (χ0n) is 10.9. The van der Waals surface area contributed by atoms with Crippen molar-refractivity contribution >= 4 is 30.2 Å². The van der Waals surface area contributed by atoms with E-state index >= 15 is 0 Å². The summed E-state index contributed by atoms with van der Waals surface area (Å²) in [6.45, 7) is 4.21. The zero-order valence-corrected chi connectivity index (χ0v) is 12.5. The van der Waals surface area contributed by atoms with Gasteiger partial charge in [0.05, 0.1) is 19.4 Å². The molecule has 0 spiro atoms. The molecule has 6 heteroatoms. The van der Waals surface area contributed by atoms with Gasteiger partial charge in [0.1, 0.15) is 5.58 Å². The minimum absolute atomic E-state index is 0.116. The zero-order chi connectivity index (χ0) is 13.9. The van der Waals surface area contributed by atoms with Crippen LogP contribution in [-0.2, 0) is 19.8 Å². The first-order valence-corrected chi connectivity index (χ1v) is 8.24. The molecule has 0 atom stereocenters. The Morgan fingerprint density at radius 2 is 1.84 bits per heavy atom. The lowest BCUT2D eigenvalue weighted by Gasteiger charge is -2.16. The van der Waals surface area contributed by atoms with Crippen molar-refractivity contribution in [3.63, 3.8) is 0 Å². The molecule has 0 aliphatic heterocycles. The van der Waals surface area contributed by atoms with E-state index in [9.17, 15) is 4.57 Å². The van der Waals surface area contributed by atoms with E-state index in [0.29, 0.717) is 24.4 Å². The van der Waals surface area contributed by atoms with Gasteiger partial charge in [-0.1, -0.05) is 18.2 Å². The lowest BCUT2D eigenvalue weighted by molar-refractivity contribution is 0.219. The van der Waals surface area contributed by atoms with E-state index in [-0.39, 0.29) is 11.4 Å². The van der Waals surface area contributed by atoms with Crippen molar-refractivity contribution < 1.29 is 18.0 Å². The monoisotopic (exact) mass is 302 g/mol. The number of benzene rings is 1. The molecule has 0 bridgehead atoms. The van der Waals surface area contributed by atoms with Crippen molar-refractivity contribution in [2.24, 2.45) is 0 Å². The van der Waals surface area contributed by atoms with Crippen LogP contribution < -0.4 is 0 Å². The lowest BCUT2D eigenvalue weighted by Crippen LogP contribution is -1.99. The molecule has 0 aliphatic carbocycles. The van der Waals surface area contributed by atoms with Crippen LogP contribution in [-0.4, -0.2) is 13.2 Å². The third-order valence-corrected chi connectivity index (χ3v) is 4.96. The number of rotatable bonds is 6. The van der Waals surface area contributed by atoms with Gasteiger partial charge in [-0.25, -0.2) is 0 Å². The summed E-state index contributed by atoms with van der Waals surface area (Å²) in [5, 5.41) is 1.08. The van der Waals surface area contributed by atoms with E-state index in [0.717, 1.165) is 5.39 Å². The van der Waals surface area contributed by atoms with Crippen LogP contribution in [0.25, 0.3) is 11.0 Å².